The summed E-state index contributed by atoms with van der Waals surface area (Å²) in [4.78, 5) is 0. The van der Waals surface area contributed by atoms with Crippen molar-refractivity contribution < 1.29 is 0 Å². The van der Waals surface area contributed by atoms with Crippen LogP contribution in [0.2, 0.25) is 0 Å². The summed E-state index contributed by atoms with van der Waals surface area (Å²) >= 11 is 5.73. The molecule has 1 aliphatic carbocycles. The Labute approximate surface area is 117 Å². The maximum absolute atomic E-state index is 5.73. The summed E-state index contributed by atoms with van der Waals surface area (Å²) in [6.45, 7) is 6.72. The van der Waals surface area contributed by atoms with Gasteiger partial charge in [-0.15, -0.1) is 11.6 Å². The highest BCUT2D eigenvalue weighted by Gasteiger charge is 2.09. The first-order chi connectivity index (χ1) is 8.81. The molecule has 0 saturated carbocycles. The average molecular weight is 268 g/mol. The first kappa shape index (κ1) is 15.5. The molecule has 1 aromatic carbocycles. The summed E-state index contributed by atoms with van der Waals surface area (Å²) in [7, 11) is 0. The van der Waals surface area contributed by atoms with Gasteiger partial charge < -0.3 is 5.32 Å². The van der Waals surface area contributed by atoms with Gasteiger partial charge in [-0.1, -0.05) is 32.0 Å². The molecule has 0 unspecified atom stereocenters. The second-order valence-corrected chi connectivity index (χ2v) is 5.11. The molecule has 102 valence electrons. The van der Waals surface area contributed by atoms with Gasteiger partial charge >= 0.3 is 0 Å². The third kappa shape index (κ3) is 5.41. The molecule has 0 bridgehead atoms. The van der Waals surface area contributed by atoms with Gasteiger partial charge in [0.1, 0.15) is 0 Å². The van der Waals surface area contributed by atoms with E-state index in [1.807, 2.05) is 0 Å². The molecule has 18 heavy (non-hydrogen) atoms. The Morgan fingerprint density at radius 2 is 1.72 bits per heavy atom. The van der Waals surface area contributed by atoms with E-state index in [9.17, 15) is 0 Å². The summed E-state index contributed by atoms with van der Waals surface area (Å²) < 4.78 is 0. The lowest BCUT2D eigenvalue weighted by atomic mass is 10.1. The van der Waals surface area contributed by atoms with Crippen LogP contribution in [0.5, 0.6) is 0 Å². The Morgan fingerprint density at radius 1 is 1.06 bits per heavy atom. The minimum Gasteiger partial charge on any atom is -0.317 e. The van der Waals surface area contributed by atoms with Crippen LogP contribution in [0, 0.1) is 0 Å². The van der Waals surface area contributed by atoms with Crippen LogP contribution < -0.4 is 5.32 Å². The van der Waals surface area contributed by atoms with Crippen molar-refractivity contribution in [3.63, 3.8) is 0 Å². The van der Waals surface area contributed by atoms with Gasteiger partial charge in [-0.3, -0.25) is 0 Å². The minimum atomic E-state index is 0.646. The summed E-state index contributed by atoms with van der Waals surface area (Å²) in [5, 5.41) is 3.28. The third-order valence-electron chi connectivity index (χ3n) is 3.17. The molecule has 2 rings (SSSR count). The van der Waals surface area contributed by atoms with E-state index in [0.717, 1.165) is 0 Å². The smallest absolute Gasteiger partial charge is 0.0474 e. The number of nitrogens with one attached hydrogen (secondary N) is 1. The first-order valence-electron chi connectivity index (χ1n) is 7.19. The predicted octanol–water partition coefficient (Wildman–Crippen LogP) is 4.31. The van der Waals surface area contributed by atoms with Crippen LogP contribution in [-0.4, -0.2) is 13.1 Å². The van der Waals surface area contributed by atoms with E-state index < -0.39 is 0 Å². The van der Waals surface area contributed by atoms with E-state index in [1.54, 1.807) is 0 Å². The van der Waals surface area contributed by atoms with Gasteiger partial charge in [-0.25, -0.2) is 0 Å². The first-order valence-corrected chi connectivity index (χ1v) is 7.72. The molecule has 0 atom stereocenters. The predicted molar refractivity (Wildman–Crippen MR) is 81.5 cm³/mol. The largest absolute Gasteiger partial charge is 0.317 e. The van der Waals surface area contributed by atoms with Gasteiger partial charge in [0.2, 0.25) is 0 Å². The van der Waals surface area contributed by atoms with Crippen molar-refractivity contribution >= 4 is 11.6 Å². The number of rotatable bonds is 5. The monoisotopic (exact) mass is 267 g/mol. The zero-order valence-electron chi connectivity index (χ0n) is 11.8. The van der Waals surface area contributed by atoms with Gasteiger partial charge in [-0.2, -0.15) is 0 Å². The lowest BCUT2D eigenvalue weighted by Gasteiger charge is -2.00. The molecule has 0 aliphatic heterocycles. The molecule has 0 aromatic heterocycles. The fourth-order valence-corrected chi connectivity index (χ4v) is 2.35. The summed E-state index contributed by atoms with van der Waals surface area (Å²) in [6.07, 6.45) is 6.33. The molecule has 0 heterocycles. The van der Waals surface area contributed by atoms with Crippen LogP contribution in [0.3, 0.4) is 0 Å². The molecule has 2 heteroatoms. The number of alkyl halides is 1. The number of fused-ring (bicyclic) bond motifs is 1. The maximum Gasteiger partial charge on any atom is 0.0474 e. The van der Waals surface area contributed by atoms with Crippen molar-refractivity contribution in [2.24, 2.45) is 0 Å². The maximum atomic E-state index is 5.73. The average Bonchev–Trinajstić information content (AvgIpc) is 2.87. The van der Waals surface area contributed by atoms with E-state index in [1.165, 1.54) is 61.9 Å². The summed E-state index contributed by atoms with van der Waals surface area (Å²) in [6, 6.07) is 6.60. The molecule has 1 nitrogen and oxygen atoms in total. The lowest BCUT2D eigenvalue weighted by molar-refractivity contribution is 0.662. The van der Waals surface area contributed by atoms with Crippen molar-refractivity contribution in [1.29, 1.82) is 0 Å². The fourth-order valence-electron chi connectivity index (χ4n) is 2.19. The number of aryl methyl sites for hydroxylation is 2. The van der Waals surface area contributed by atoms with Gasteiger partial charge in [0.25, 0.3) is 0 Å². The third-order valence-corrected chi connectivity index (χ3v) is 3.48. The standard InChI is InChI=1S/C10H11Cl.C6H15N/c11-7-8-4-5-9-2-1-3-10(9)6-8;1-3-5-7-6-4-2/h4-6H,1-3,7H2;7H,3-6H2,1-2H3. The molecule has 0 radical (unpaired) electrons. The Kier molecular flexibility index (Phi) is 8.11. The Morgan fingerprint density at radius 3 is 2.33 bits per heavy atom. The zero-order chi connectivity index (χ0) is 13.2. The number of hydrogen-bond acceptors (Lipinski definition) is 1. The summed E-state index contributed by atoms with van der Waals surface area (Å²) in [5.41, 5.74) is 4.30. The van der Waals surface area contributed by atoms with Crippen molar-refractivity contribution in [3.8, 4) is 0 Å². The van der Waals surface area contributed by atoms with E-state index in [4.69, 9.17) is 11.6 Å². The Balaban J connectivity index is 0.000000203. The molecule has 1 N–H and O–H groups in total. The van der Waals surface area contributed by atoms with Crippen LogP contribution in [0.1, 0.15) is 49.8 Å². The Bertz CT molecular complexity index is 332. The SMILES string of the molecule is CCCNCCC.ClCc1ccc2c(c1)CCC2. The zero-order valence-corrected chi connectivity index (χ0v) is 12.5. The van der Waals surface area contributed by atoms with E-state index >= 15 is 0 Å². The topological polar surface area (TPSA) is 12.0 Å². The normalized spacial score (nSPS) is 12.8. The van der Waals surface area contributed by atoms with Crippen LogP contribution in [0.15, 0.2) is 18.2 Å². The highest BCUT2D eigenvalue weighted by Crippen LogP contribution is 2.23. The van der Waals surface area contributed by atoms with Crippen LogP contribution in [0.4, 0.5) is 0 Å². The van der Waals surface area contributed by atoms with E-state index in [2.05, 4.69) is 37.4 Å². The fraction of sp³-hybridized carbons (Fsp3) is 0.625. The van der Waals surface area contributed by atoms with Gasteiger partial charge in [0, 0.05) is 5.88 Å². The molecule has 1 aromatic rings. The highest BCUT2D eigenvalue weighted by atomic mass is 35.5. The molecule has 1 aliphatic rings. The molecular weight excluding hydrogens is 242 g/mol. The lowest BCUT2D eigenvalue weighted by Crippen LogP contribution is -2.14. The molecule has 0 saturated heterocycles. The van der Waals surface area contributed by atoms with E-state index in [0.29, 0.717) is 5.88 Å². The van der Waals surface area contributed by atoms with Crippen molar-refractivity contribution in [2.75, 3.05) is 13.1 Å². The van der Waals surface area contributed by atoms with Crippen LogP contribution in [-0.2, 0) is 18.7 Å². The van der Waals surface area contributed by atoms with Crippen LogP contribution >= 0.6 is 11.6 Å². The van der Waals surface area contributed by atoms with E-state index in [-0.39, 0.29) is 0 Å². The second kappa shape index (κ2) is 9.41. The van der Waals surface area contributed by atoms with Gasteiger partial charge in [0.15, 0.2) is 0 Å². The number of hydrogen-bond donors (Lipinski definition) is 1. The second-order valence-electron chi connectivity index (χ2n) is 4.84. The molecule has 0 amide bonds. The Hall–Kier alpha value is -0.530. The highest BCUT2D eigenvalue weighted by molar-refractivity contribution is 6.17. The van der Waals surface area contributed by atoms with Gasteiger partial charge in [0.05, 0.1) is 0 Å². The molecule has 0 spiro atoms. The van der Waals surface area contributed by atoms with Crippen molar-refractivity contribution in [1.82, 2.24) is 5.32 Å². The summed E-state index contributed by atoms with van der Waals surface area (Å²) in [5.74, 6) is 0.646. The quantitative estimate of drug-likeness (QED) is 0.619. The van der Waals surface area contributed by atoms with Crippen molar-refractivity contribution in [2.45, 2.75) is 51.8 Å². The number of halogens is 1. The minimum absolute atomic E-state index is 0.646. The molecule has 0 fully saturated rings. The van der Waals surface area contributed by atoms with Crippen LogP contribution in [0.25, 0.3) is 0 Å². The number of benzene rings is 1. The van der Waals surface area contributed by atoms with Gasteiger partial charge in [-0.05, 0) is 61.9 Å². The van der Waals surface area contributed by atoms with Crippen molar-refractivity contribution in [3.05, 3.63) is 34.9 Å². The molecular formula is C16H26ClN.